The molecular weight excluding hydrogens is 394 g/mol. The van der Waals surface area contributed by atoms with Gasteiger partial charge in [0.05, 0.1) is 11.3 Å². The van der Waals surface area contributed by atoms with Crippen molar-refractivity contribution in [2.24, 2.45) is 0 Å². The standard InChI is InChI=1S/C26H18ClNO2/c1-28-24-14-13-19(10-5-9-18-7-3-2-4-8-18)16-22(24)25(29)23(26(28)30)17-20-11-6-12-21(27)15-20/h2-4,6-8,11-17H,9H2,1H3/b23-17+. The minimum absolute atomic E-state index is 0.113. The molecule has 3 nitrogen and oxygen atoms in total. The Hall–Kier alpha value is -3.61. The third-order valence-electron chi connectivity index (χ3n) is 4.91. The molecule has 0 saturated heterocycles. The van der Waals surface area contributed by atoms with Gasteiger partial charge in [0.2, 0.25) is 5.78 Å². The molecule has 0 spiro atoms. The van der Waals surface area contributed by atoms with Gasteiger partial charge in [-0.2, -0.15) is 0 Å². The summed E-state index contributed by atoms with van der Waals surface area (Å²) in [7, 11) is 1.67. The Morgan fingerprint density at radius 3 is 2.53 bits per heavy atom. The Morgan fingerprint density at radius 2 is 1.77 bits per heavy atom. The van der Waals surface area contributed by atoms with E-state index in [1.807, 2.05) is 36.4 Å². The number of rotatable bonds is 2. The molecule has 1 aliphatic heterocycles. The fourth-order valence-electron chi connectivity index (χ4n) is 3.35. The highest BCUT2D eigenvalue weighted by molar-refractivity contribution is 6.36. The third-order valence-corrected chi connectivity index (χ3v) is 5.15. The van der Waals surface area contributed by atoms with Gasteiger partial charge in [0.25, 0.3) is 5.91 Å². The Labute approximate surface area is 180 Å². The maximum Gasteiger partial charge on any atom is 0.262 e. The van der Waals surface area contributed by atoms with Gasteiger partial charge in [0.15, 0.2) is 0 Å². The maximum atomic E-state index is 13.1. The molecule has 30 heavy (non-hydrogen) atoms. The van der Waals surface area contributed by atoms with E-state index in [9.17, 15) is 9.59 Å². The first-order valence-corrected chi connectivity index (χ1v) is 9.87. The Kier molecular flexibility index (Phi) is 5.52. The summed E-state index contributed by atoms with van der Waals surface area (Å²) in [6.07, 6.45) is 2.22. The molecule has 3 aromatic rings. The minimum atomic E-state index is -0.338. The van der Waals surface area contributed by atoms with Crippen molar-refractivity contribution in [3.05, 3.63) is 106 Å². The Morgan fingerprint density at radius 1 is 0.967 bits per heavy atom. The number of hydrogen-bond acceptors (Lipinski definition) is 2. The van der Waals surface area contributed by atoms with Crippen molar-refractivity contribution in [3.8, 4) is 11.8 Å². The van der Waals surface area contributed by atoms with Crippen LogP contribution in [0, 0.1) is 11.8 Å². The van der Waals surface area contributed by atoms with Crippen LogP contribution in [0.5, 0.6) is 0 Å². The number of likely N-dealkylation sites (N-methyl/N-ethyl adjacent to an activating group) is 1. The highest BCUT2D eigenvalue weighted by Gasteiger charge is 2.32. The van der Waals surface area contributed by atoms with Gasteiger partial charge in [0, 0.05) is 29.6 Å². The molecule has 0 radical (unpaired) electrons. The number of ketones is 1. The summed E-state index contributed by atoms with van der Waals surface area (Å²) in [5, 5.41) is 0.546. The van der Waals surface area contributed by atoms with Gasteiger partial charge in [-0.15, -0.1) is 0 Å². The van der Waals surface area contributed by atoms with Gasteiger partial charge in [-0.3, -0.25) is 9.59 Å². The van der Waals surface area contributed by atoms with E-state index >= 15 is 0 Å². The van der Waals surface area contributed by atoms with Crippen LogP contribution >= 0.6 is 11.6 Å². The second kappa shape index (κ2) is 8.41. The van der Waals surface area contributed by atoms with Gasteiger partial charge < -0.3 is 4.90 Å². The van der Waals surface area contributed by atoms with Crippen molar-refractivity contribution >= 4 is 35.1 Å². The summed E-state index contributed by atoms with van der Waals surface area (Å²) in [5.74, 6) is 5.62. The van der Waals surface area contributed by atoms with Crippen molar-refractivity contribution in [3.63, 3.8) is 0 Å². The number of fused-ring (bicyclic) bond motifs is 1. The summed E-state index contributed by atoms with van der Waals surface area (Å²) in [5.41, 5.74) is 3.74. The van der Waals surface area contributed by atoms with E-state index in [-0.39, 0.29) is 17.3 Å². The van der Waals surface area contributed by atoms with Crippen molar-refractivity contribution in [2.75, 3.05) is 11.9 Å². The van der Waals surface area contributed by atoms with Crippen LogP contribution in [0.2, 0.25) is 5.02 Å². The van der Waals surface area contributed by atoms with E-state index in [2.05, 4.69) is 11.8 Å². The first kappa shape index (κ1) is 19.7. The van der Waals surface area contributed by atoms with Crippen LogP contribution in [-0.2, 0) is 11.2 Å². The van der Waals surface area contributed by atoms with E-state index in [1.165, 1.54) is 4.90 Å². The molecule has 0 N–H and O–H groups in total. The third kappa shape index (κ3) is 4.05. The van der Waals surface area contributed by atoms with Crippen molar-refractivity contribution in [1.82, 2.24) is 0 Å². The molecule has 0 unspecified atom stereocenters. The summed E-state index contributed by atoms with van der Waals surface area (Å²) in [4.78, 5) is 27.4. The number of benzene rings is 3. The van der Waals surface area contributed by atoms with Gasteiger partial charge in [-0.1, -0.05) is 65.9 Å². The van der Waals surface area contributed by atoms with Gasteiger partial charge >= 0.3 is 0 Å². The average Bonchev–Trinajstić information content (AvgIpc) is 2.76. The van der Waals surface area contributed by atoms with E-state index in [4.69, 9.17) is 11.6 Å². The van der Waals surface area contributed by atoms with Crippen LogP contribution in [0.15, 0.2) is 78.4 Å². The van der Waals surface area contributed by atoms with Crippen molar-refractivity contribution < 1.29 is 9.59 Å². The van der Waals surface area contributed by atoms with E-state index in [0.29, 0.717) is 28.3 Å². The lowest BCUT2D eigenvalue weighted by molar-refractivity contribution is -0.114. The molecule has 0 aliphatic carbocycles. The van der Waals surface area contributed by atoms with E-state index in [0.717, 1.165) is 11.1 Å². The Bertz CT molecular complexity index is 1230. The van der Waals surface area contributed by atoms with Gasteiger partial charge in [-0.05, 0) is 47.5 Å². The number of carbonyl (C=O) groups excluding carboxylic acids is 2. The normalized spacial score (nSPS) is 14.3. The number of hydrogen-bond donors (Lipinski definition) is 0. The van der Waals surface area contributed by atoms with Gasteiger partial charge in [-0.25, -0.2) is 0 Å². The zero-order valence-corrected chi connectivity index (χ0v) is 17.1. The van der Waals surface area contributed by atoms with Crippen LogP contribution in [0.3, 0.4) is 0 Å². The predicted octanol–water partition coefficient (Wildman–Crippen LogP) is 5.18. The smallest absolute Gasteiger partial charge is 0.262 e. The number of Topliss-reactive ketones (excluding diaryl/α,β-unsaturated/α-hetero) is 1. The van der Waals surface area contributed by atoms with Crippen LogP contribution < -0.4 is 4.90 Å². The molecule has 0 atom stereocenters. The molecule has 1 aliphatic rings. The summed E-state index contributed by atoms with van der Waals surface area (Å²) in [6, 6.07) is 22.4. The molecule has 4 heteroatoms. The summed E-state index contributed by atoms with van der Waals surface area (Å²) < 4.78 is 0. The summed E-state index contributed by atoms with van der Waals surface area (Å²) in [6.45, 7) is 0. The molecule has 0 aromatic heterocycles. The van der Waals surface area contributed by atoms with E-state index < -0.39 is 0 Å². The topological polar surface area (TPSA) is 37.4 Å². The summed E-state index contributed by atoms with van der Waals surface area (Å²) >= 11 is 6.03. The first-order valence-electron chi connectivity index (χ1n) is 9.50. The molecule has 4 rings (SSSR count). The zero-order chi connectivity index (χ0) is 21.1. The molecular formula is C26H18ClNO2. The van der Waals surface area contributed by atoms with Crippen molar-refractivity contribution in [1.29, 1.82) is 0 Å². The quantitative estimate of drug-likeness (QED) is 0.331. The molecule has 1 amide bonds. The average molecular weight is 412 g/mol. The lowest BCUT2D eigenvalue weighted by Gasteiger charge is -2.26. The molecule has 0 saturated carbocycles. The number of amides is 1. The van der Waals surface area contributed by atoms with Crippen LogP contribution in [0.25, 0.3) is 6.08 Å². The maximum absolute atomic E-state index is 13.1. The number of halogens is 1. The fraction of sp³-hybridized carbons (Fsp3) is 0.0769. The van der Waals surface area contributed by atoms with Crippen LogP contribution in [0.4, 0.5) is 5.69 Å². The highest BCUT2D eigenvalue weighted by atomic mass is 35.5. The van der Waals surface area contributed by atoms with Crippen LogP contribution in [0.1, 0.15) is 27.0 Å². The lowest BCUT2D eigenvalue weighted by Crippen LogP contribution is -2.36. The molecule has 0 bridgehead atoms. The van der Waals surface area contributed by atoms with Gasteiger partial charge in [0.1, 0.15) is 0 Å². The second-order valence-corrected chi connectivity index (χ2v) is 7.44. The first-order chi connectivity index (χ1) is 14.5. The zero-order valence-electron chi connectivity index (χ0n) is 16.4. The predicted molar refractivity (Wildman–Crippen MR) is 121 cm³/mol. The lowest BCUT2D eigenvalue weighted by atomic mass is 9.92. The number of carbonyl (C=O) groups is 2. The SMILES string of the molecule is CN1C(=O)/C(=C/c2cccc(Cl)c2)C(=O)c2cc(C#CCc3ccccc3)ccc21. The Balaban J connectivity index is 1.67. The number of anilines is 1. The minimum Gasteiger partial charge on any atom is -0.311 e. The largest absolute Gasteiger partial charge is 0.311 e. The molecule has 1 heterocycles. The fourth-order valence-corrected chi connectivity index (χ4v) is 3.55. The highest BCUT2D eigenvalue weighted by Crippen LogP contribution is 2.31. The second-order valence-electron chi connectivity index (χ2n) is 7.00. The molecule has 0 fully saturated rings. The monoisotopic (exact) mass is 411 g/mol. The number of nitrogens with zero attached hydrogens (tertiary/aromatic N) is 1. The van der Waals surface area contributed by atoms with Crippen LogP contribution in [-0.4, -0.2) is 18.7 Å². The molecule has 146 valence electrons. The molecule has 3 aromatic carbocycles. The van der Waals surface area contributed by atoms with Crippen molar-refractivity contribution in [2.45, 2.75) is 6.42 Å². The van der Waals surface area contributed by atoms with E-state index in [1.54, 1.807) is 49.5 Å².